The maximum Gasteiger partial charge on any atom is 0.328 e. The molecule has 1 aliphatic rings. The summed E-state index contributed by atoms with van der Waals surface area (Å²) in [5.41, 5.74) is 0.560. The van der Waals surface area contributed by atoms with E-state index in [1.807, 2.05) is 0 Å². The number of rotatable bonds is 2. The minimum atomic E-state index is -0.762. The van der Waals surface area contributed by atoms with Gasteiger partial charge in [-0.25, -0.2) is 9.59 Å². The predicted octanol–water partition coefficient (Wildman–Crippen LogP) is 1.48. The molecular weight excluding hydrogens is 284 g/mol. The van der Waals surface area contributed by atoms with Crippen molar-refractivity contribution >= 4 is 29.3 Å². The van der Waals surface area contributed by atoms with Gasteiger partial charge in [-0.3, -0.25) is 0 Å². The summed E-state index contributed by atoms with van der Waals surface area (Å²) in [6.07, 6.45) is -0.546. The lowest BCUT2D eigenvalue weighted by Gasteiger charge is -2.22. The van der Waals surface area contributed by atoms with Gasteiger partial charge in [0.2, 0.25) is 0 Å². The average molecular weight is 299 g/mol. The Labute approximate surface area is 121 Å². The molecular formula is C13H15ClN2O4. The highest BCUT2D eigenvalue weighted by Crippen LogP contribution is 2.21. The van der Waals surface area contributed by atoms with Crippen LogP contribution in [0.4, 0.5) is 10.5 Å². The van der Waals surface area contributed by atoms with E-state index in [9.17, 15) is 14.7 Å². The van der Waals surface area contributed by atoms with Gasteiger partial charge in [0, 0.05) is 23.7 Å². The van der Waals surface area contributed by atoms with E-state index in [1.165, 1.54) is 12.0 Å². The fourth-order valence-corrected chi connectivity index (χ4v) is 2.25. The first kappa shape index (κ1) is 14.6. The molecule has 0 saturated carbocycles. The van der Waals surface area contributed by atoms with Gasteiger partial charge < -0.3 is 20.1 Å². The van der Waals surface area contributed by atoms with E-state index in [2.05, 4.69) is 10.1 Å². The van der Waals surface area contributed by atoms with Crippen molar-refractivity contribution < 1.29 is 19.4 Å². The van der Waals surface area contributed by atoms with Crippen molar-refractivity contribution in [2.75, 3.05) is 19.0 Å². The highest BCUT2D eigenvalue weighted by Gasteiger charge is 2.39. The first-order chi connectivity index (χ1) is 9.51. The number of carbonyl (C=O) groups is 2. The fraction of sp³-hybridized carbons (Fsp3) is 0.385. The lowest BCUT2D eigenvalue weighted by molar-refractivity contribution is -0.144. The van der Waals surface area contributed by atoms with Crippen LogP contribution in [-0.2, 0) is 9.53 Å². The van der Waals surface area contributed by atoms with Gasteiger partial charge in [0.05, 0.1) is 13.2 Å². The summed E-state index contributed by atoms with van der Waals surface area (Å²) in [7, 11) is 1.25. The number of aliphatic hydroxyl groups is 1. The number of carbonyl (C=O) groups excluding carboxylic acids is 2. The molecule has 1 heterocycles. The van der Waals surface area contributed by atoms with Crippen LogP contribution in [0.15, 0.2) is 24.3 Å². The lowest BCUT2D eigenvalue weighted by atomic mass is 10.2. The summed E-state index contributed by atoms with van der Waals surface area (Å²) in [6, 6.07) is 5.38. The number of hydrogen-bond acceptors (Lipinski definition) is 4. The third-order valence-electron chi connectivity index (χ3n) is 3.11. The Morgan fingerprint density at radius 1 is 1.40 bits per heavy atom. The number of nitrogens with one attached hydrogen (secondary N) is 1. The molecule has 2 atom stereocenters. The smallest absolute Gasteiger partial charge is 0.328 e. The standard InChI is InChI=1S/C13H15ClN2O4/c1-20-12(18)11-6-10(17)7-16(11)13(19)15-9-4-2-8(14)3-5-9/h2-5,10-11,17H,6-7H2,1H3,(H,15,19)/t10-,11+/m1/s1. The molecule has 20 heavy (non-hydrogen) atoms. The Bertz CT molecular complexity index is 506. The van der Waals surface area contributed by atoms with Gasteiger partial charge in [0.25, 0.3) is 0 Å². The van der Waals surface area contributed by atoms with Crippen LogP contribution in [0.1, 0.15) is 6.42 Å². The number of urea groups is 1. The Kier molecular flexibility index (Phi) is 4.46. The zero-order valence-corrected chi connectivity index (χ0v) is 11.6. The van der Waals surface area contributed by atoms with Gasteiger partial charge in [-0.1, -0.05) is 11.6 Å². The maximum atomic E-state index is 12.1. The van der Waals surface area contributed by atoms with Gasteiger partial charge in [-0.15, -0.1) is 0 Å². The quantitative estimate of drug-likeness (QED) is 0.811. The number of likely N-dealkylation sites (tertiary alicyclic amines) is 1. The number of methoxy groups -OCH3 is 1. The molecule has 0 unspecified atom stereocenters. The number of nitrogens with zero attached hydrogens (tertiary/aromatic N) is 1. The maximum absolute atomic E-state index is 12.1. The molecule has 2 rings (SSSR count). The third kappa shape index (κ3) is 3.20. The zero-order chi connectivity index (χ0) is 14.7. The number of anilines is 1. The van der Waals surface area contributed by atoms with Crippen LogP contribution in [0.5, 0.6) is 0 Å². The fourth-order valence-electron chi connectivity index (χ4n) is 2.13. The number of benzene rings is 1. The number of hydrogen-bond donors (Lipinski definition) is 2. The monoisotopic (exact) mass is 298 g/mol. The summed E-state index contributed by atoms with van der Waals surface area (Å²) in [4.78, 5) is 25.0. The van der Waals surface area contributed by atoms with Crippen molar-refractivity contribution in [2.24, 2.45) is 0 Å². The van der Waals surface area contributed by atoms with Crippen molar-refractivity contribution in [2.45, 2.75) is 18.6 Å². The minimum absolute atomic E-state index is 0.0964. The van der Waals surface area contributed by atoms with Crippen LogP contribution in [0.25, 0.3) is 0 Å². The van der Waals surface area contributed by atoms with Crippen molar-refractivity contribution in [3.05, 3.63) is 29.3 Å². The highest BCUT2D eigenvalue weighted by molar-refractivity contribution is 6.30. The minimum Gasteiger partial charge on any atom is -0.467 e. The molecule has 0 radical (unpaired) electrons. The highest BCUT2D eigenvalue weighted by atomic mass is 35.5. The Balaban J connectivity index is 2.07. The van der Waals surface area contributed by atoms with Crippen LogP contribution in [-0.4, -0.2) is 47.8 Å². The molecule has 1 saturated heterocycles. The topological polar surface area (TPSA) is 78.9 Å². The van der Waals surface area contributed by atoms with E-state index in [4.69, 9.17) is 11.6 Å². The average Bonchev–Trinajstić information content (AvgIpc) is 2.82. The van der Waals surface area contributed by atoms with Crippen LogP contribution in [0.2, 0.25) is 5.02 Å². The molecule has 0 bridgehead atoms. The van der Waals surface area contributed by atoms with Crippen molar-refractivity contribution in [3.8, 4) is 0 Å². The van der Waals surface area contributed by atoms with Gasteiger partial charge >= 0.3 is 12.0 Å². The summed E-state index contributed by atoms with van der Waals surface area (Å²) in [5, 5.41) is 12.8. The normalized spacial score (nSPS) is 21.6. The first-order valence-electron chi connectivity index (χ1n) is 6.10. The van der Waals surface area contributed by atoms with E-state index in [0.717, 1.165) is 0 Å². The van der Waals surface area contributed by atoms with E-state index in [0.29, 0.717) is 10.7 Å². The number of aliphatic hydroxyl groups excluding tert-OH is 1. The SMILES string of the molecule is COC(=O)[C@@H]1C[C@@H](O)CN1C(=O)Nc1ccc(Cl)cc1. The van der Waals surface area contributed by atoms with Crippen molar-refractivity contribution in [1.29, 1.82) is 0 Å². The van der Waals surface area contributed by atoms with Crippen LogP contribution >= 0.6 is 11.6 Å². The molecule has 2 N–H and O–H groups in total. The Morgan fingerprint density at radius 3 is 2.65 bits per heavy atom. The summed E-state index contributed by atoms with van der Waals surface area (Å²) >= 11 is 5.76. The number of esters is 1. The van der Waals surface area contributed by atoms with E-state index >= 15 is 0 Å². The molecule has 1 fully saturated rings. The van der Waals surface area contributed by atoms with Gasteiger partial charge in [0.15, 0.2) is 0 Å². The van der Waals surface area contributed by atoms with E-state index in [1.54, 1.807) is 24.3 Å². The van der Waals surface area contributed by atoms with Crippen molar-refractivity contribution in [1.82, 2.24) is 4.90 Å². The predicted molar refractivity (Wildman–Crippen MR) is 73.6 cm³/mol. The molecule has 1 aromatic rings. The van der Waals surface area contributed by atoms with E-state index in [-0.39, 0.29) is 13.0 Å². The molecule has 6 nitrogen and oxygen atoms in total. The summed E-state index contributed by atoms with van der Waals surface area (Å²) in [6.45, 7) is 0.0964. The molecule has 7 heteroatoms. The van der Waals surface area contributed by atoms with E-state index < -0.39 is 24.1 Å². The number of amides is 2. The number of ether oxygens (including phenoxy) is 1. The molecule has 0 spiro atoms. The van der Waals surface area contributed by atoms with Gasteiger partial charge in [-0.05, 0) is 24.3 Å². The third-order valence-corrected chi connectivity index (χ3v) is 3.36. The second-order valence-electron chi connectivity index (χ2n) is 4.52. The first-order valence-corrected chi connectivity index (χ1v) is 6.48. The number of halogens is 1. The van der Waals surface area contributed by atoms with Crippen LogP contribution in [0.3, 0.4) is 0 Å². The Morgan fingerprint density at radius 2 is 2.05 bits per heavy atom. The molecule has 1 aliphatic heterocycles. The number of β-amino-alcohol motifs (C(OH)–C–C–N with tert-alkyl or cyclic N) is 1. The van der Waals surface area contributed by atoms with Gasteiger partial charge in [-0.2, -0.15) is 0 Å². The van der Waals surface area contributed by atoms with Crippen LogP contribution < -0.4 is 5.32 Å². The Hall–Kier alpha value is -1.79. The summed E-state index contributed by atoms with van der Waals surface area (Å²) < 4.78 is 4.64. The molecule has 108 valence electrons. The molecule has 0 aliphatic carbocycles. The second-order valence-corrected chi connectivity index (χ2v) is 4.95. The molecule has 1 aromatic carbocycles. The van der Waals surface area contributed by atoms with Crippen molar-refractivity contribution in [3.63, 3.8) is 0 Å². The van der Waals surface area contributed by atoms with Crippen LogP contribution in [0, 0.1) is 0 Å². The molecule has 2 amide bonds. The second kappa shape index (κ2) is 6.11. The summed E-state index contributed by atoms with van der Waals surface area (Å²) in [5.74, 6) is -0.534. The molecule has 0 aromatic heterocycles. The lowest BCUT2D eigenvalue weighted by Crippen LogP contribution is -2.43. The largest absolute Gasteiger partial charge is 0.467 e. The van der Waals surface area contributed by atoms with Gasteiger partial charge in [0.1, 0.15) is 6.04 Å². The zero-order valence-electron chi connectivity index (χ0n) is 10.9.